The highest BCUT2D eigenvalue weighted by Gasteiger charge is 2.39. The lowest BCUT2D eigenvalue weighted by molar-refractivity contribution is -0.141. The number of carbonyl (C=O) groups excluding carboxylic acids is 1. The average Bonchev–Trinajstić information content (AvgIpc) is 2.32. The predicted molar refractivity (Wildman–Crippen MR) is 72.0 cm³/mol. The molecular formula is C15H19NO3. The maximum atomic E-state index is 12.1. The summed E-state index contributed by atoms with van der Waals surface area (Å²) >= 11 is 0. The van der Waals surface area contributed by atoms with E-state index in [0.717, 1.165) is 24.8 Å². The van der Waals surface area contributed by atoms with Crippen LogP contribution in [0.4, 0.5) is 0 Å². The molecule has 102 valence electrons. The standard InChI is InChI=1S/C15H19NO3/c1-11-5-2-3-6-12(11)14(19)16-10-15(7-4-8-15)9-13(17)18/h2-3,5-6H,4,7-10H2,1H3,(H,16,19)(H,17,18). The fourth-order valence-corrected chi connectivity index (χ4v) is 2.60. The lowest BCUT2D eigenvalue weighted by Gasteiger charge is -2.40. The highest BCUT2D eigenvalue weighted by atomic mass is 16.4. The van der Waals surface area contributed by atoms with Crippen LogP contribution in [-0.2, 0) is 4.79 Å². The predicted octanol–water partition coefficient (Wildman–Crippen LogP) is 2.37. The third-order valence-electron chi connectivity index (χ3n) is 3.95. The minimum Gasteiger partial charge on any atom is -0.481 e. The Morgan fingerprint density at radius 1 is 1.32 bits per heavy atom. The molecule has 1 aliphatic rings. The molecule has 0 unspecified atom stereocenters. The van der Waals surface area contributed by atoms with Gasteiger partial charge >= 0.3 is 5.97 Å². The largest absolute Gasteiger partial charge is 0.481 e. The lowest BCUT2D eigenvalue weighted by Crippen LogP contribution is -2.43. The third kappa shape index (κ3) is 3.13. The van der Waals surface area contributed by atoms with E-state index in [2.05, 4.69) is 5.32 Å². The third-order valence-corrected chi connectivity index (χ3v) is 3.95. The van der Waals surface area contributed by atoms with Crippen molar-refractivity contribution in [3.8, 4) is 0 Å². The molecule has 2 rings (SSSR count). The van der Waals surface area contributed by atoms with Gasteiger partial charge in [-0.1, -0.05) is 24.6 Å². The first-order valence-corrected chi connectivity index (χ1v) is 6.58. The summed E-state index contributed by atoms with van der Waals surface area (Å²) in [4.78, 5) is 22.9. The normalized spacial score (nSPS) is 16.5. The summed E-state index contributed by atoms with van der Waals surface area (Å²) in [6.45, 7) is 2.34. The number of carbonyl (C=O) groups is 2. The van der Waals surface area contributed by atoms with Gasteiger partial charge < -0.3 is 10.4 Å². The molecule has 0 saturated heterocycles. The molecule has 1 fully saturated rings. The summed E-state index contributed by atoms with van der Waals surface area (Å²) < 4.78 is 0. The number of amides is 1. The smallest absolute Gasteiger partial charge is 0.303 e. The van der Waals surface area contributed by atoms with Crippen LogP contribution < -0.4 is 5.32 Å². The first kappa shape index (κ1) is 13.6. The van der Waals surface area contributed by atoms with Gasteiger partial charge in [-0.25, -0.2) is 0 Å². The number of carboxylic acids is 1. The summed E-state index contributed by atoms with van der Waals surface area (Å²) in [5, 5.41) is 11.8. The van der Waals surface area contributed by atoms with Crippen LogP contribution in [0.5, 0.6) is 0 Å². The van der Waals surface area contributed by atoms with Crippen molar-refractivity contribution in [2.45, 2.75) is 32.6 Å². The summed E-state index contributed by atoms with van der Waals surface area (Å²) in [5.74, 6) is -0.903. The van der Waals surface area contributed by atoms with E-state index in [4.69, 9.17) is 5.11 Å². The Kier molecular flexibility index (Phi) is 3.88. The van der Waals surface area contributed by atoms with Crippen molar-refractivity contribution in [2.75, 3.05) is 6.54 Å². The van der Waals surface area contributed by atoms with Gasteiger partial charge in [0.1, 0.15) is 0 Å². The highest BCUT2D eigenvalue weighted by molar-refractivity contribution is 5.95. The van der Waals surface area contributed by atoms with E-state index in [1.807, 2.05) is 25.1 Å². The van der Waals surface area contributed by atoms with Crippen LogP contribution in [-0.4, -0.2) is 23.5 Å². The van der Waals surface area contributed by atoms with Gasteiger partial charge in [-0.3, -0.25) is 9.59 Å². The first-order chi connectivity index (χ1) is 9.02. The van der Waals surface area contributed by atoms with E-state index in [1.165, 1.54) is 0 Å². The minimum atomic E-state index is -0.787. The molecule has 0 radical (unpaired) electrons. The van der Waals surface area contributed by atoms with Crippen molar-refractivity contribution in [1.29, 1.82) is 0 Å². The first-order valence-electron chi connectivity index (χ1n) is 6.58. The van der Waals surface area contributed by atoms with E-state index >= 15 is 0 Å². The van der Waals surface area contributed by atoms with Gasteiger partial charge in [0.05, 0.1) is 6.42 Å². The fraction of sp³-hybridized carbons (Fsp3) is 0.467. The number of hydrogen-bond acceptors (Lipinski definition) is 2. The van der Waals surface area contributed by atoms with Crippen LogP contribution in [0.25, 0.3) is 0 Å². The van der Waals surface area contributed by atoms with Crippen LogP contribution in [0, 0.1) is 12.3 Å². The molecule has 0 bridgehead atoms. The highest BCUT2D eigenvalue weighted by Crippen LogP contribution is 2.43. The zero-order valence-electron chi connectivity index (χ0n) is 11.1. The molecule has 0 heterocycles. The van der Waals surface area contributed by atoms with E-state index < -0.39 is 5.97 Å². The molecule has 1 aromatic carbocycles. The Morgan fingerprint density at radius 2 is 2.00 bits per heavy atom. The van der Waals surface area contributed by atoms with Crippen molar-refractivity contribution < 1.29 is 14.7 Å². The Balaban J connectivity index is 1.97. The molecular weight excluding hydrogens is 242 g/mol. The molecule has 2 N–H and O–H groups in total. The molecule has 1 saturated carbocycles. The van der Waals surface area contributed by atoms with Gasteiger partial charge in [-0.2, -0.15) is 0 Å². The molecule has 1 amide bonds. The van der Waals surface area contributed by atoms with Crippen molar-refractivity contribution in [1.82, 2.24) is 5.32 Å². The second-order valence-electron chi connectivity index (χ2n) is 5.42. The number of aryl methyl sites for hydroxylation is 1. The zero-order valence-corrected chi connectivity index (χ0v) is 11.1. The molecule has 4 nitrogen and oxygen atoms in total. The zero-order chi connectivity index (χ0) is 13.9. The van der Waals surface area contributed by atoms with E-state index in [9.17, 15) is 9.59 Å². The second-order valence-corrected chi connectivity index (χ2v) is 5.42. The summed E-state index contributed by atoms with van der Waals surface area (Å²) in [6.07, 6.45) is 2.95. The Morgan fingerprint density at radius 3 is 2.53 bits per heavy atom. The number of hydrogen-bond donors (Lipinski definition) is 2. The number of benzene rings is 1. The summed E-state index contributed by atoms with van der Waals surface area (Å²) in [6, 6.07) is 7.41. The maximum Gasteiger partial charge on any atom is 0.303 e. The Labute approximate surface area is 112 Å². The van der Waals surface area contributed by atoms with Crippen LogP contribution in [0.3, 0.4) is 0 Å². The van der Waals surface area contributed by atoms with Gasteiger partial charge in [0.2, 0.25) is 0 Å². The van der Waals surface area contributed by atoms with Gasteiger partial charge in [-0.15, -0.1) is 0 Å². The van der Waals surface area contributed by atoms with Crippen LogP contribution in [0.2, 0.25) is 0 Å². The summed E-state index contributed by atoms with van der Waals surface area (Å²) in [5.41, 5.74) is 1.36. The quantitative estimate of drug-likeness (QED) is 0.855. The second kappa shape index (κ2) is 5.43. The van der Waals surface area contributed by atoms with Crippen molar-refractivity contribution >= 4 is 11.9 Å². The topological polar surface area (TPSA) is 66.4 Å². The molecule has 0 spiro atoms. The van der Waals surface area contributed by atoms with Crippen LogP contribution in [0.1, 0.15) is 41.6 Å². The monoisotopic (exact) mass is 261 g/mol. The SMILES string of the molecule is Cc1ccccc1C(=O)NCC1(CC(=O)O)CCC1. The molecule has 0 aromatic heterocycles. The van der Waals surface area contributed by atoms with Gasteiger partial charge in [0, 0.05) is 12.1 Å². The molecule has 19 heavy (non-hydrogen) atoms. The Hall–Kier alpha value is -1.84. The lowest BCUT2D eigenvalue weighted by atomic mass is 9.66. The maximum absolute atomic E-state index is 12.1. The Bertz CT molecular complexity index is 492. The van der Waals surface area contributed by atoms with Gasteiger partial charge in [0.25, 0.3) is 5.91 Å². The van der Waals surface area contributed by atoms with Gasteiger partial charge in [-0.05, 0) is 36.8 Å². The summed E-state index contributed by atoms with van der Waals surface area (Å²) in [7, 11) is 0. The molecule has 1 aliphatic carbocycles. The van der Waals surface area contributed by atoms with Crippen molar-refractivity contribution in [3.63, 3.8) is 0 Å². The van der Waals surface area contributed by atoms with Gasteiger partial charge in [0.15, 0.2) is 0 Å². The fourth-order valence-electron chi connectivity index (χ4n) is 2.60. The number of rotatable bonds is 5. The van der Waals surface area contributed by atoms with Crippen LogP contribution in [0.15, 0.2) is 24.3 Å². The van der Waals surface area contributed by atoms with Crippen molar-refractivity contribution in [3.05, 3.63) is 35.4 Å². The average molecular weight is 261 g/mol. The van der Waals surface area contributed by atoms with E-state index in [-0.39, 0.29) is 17.7 Å². The van der Waals surface area contributed by atoms with Crippen molar-refractivity contribution in [2.24, 2.45) is 5.41 Å². The number of nitrogens with one attached hydrogen (secondary N) is 1. The number of carboxylic acid groups (broad SMARTS) is 1. The van der Waals surface area contributed by atoms with E-state index in [0.29, 0.717) is 12.1 Å². The molecule has 1 aromatic rings. The molecule has 4 heteroatoms. The number of aliphatic carboxylic acids is 1. The van der Waals surface area contributed by atoms with E-state index in [1.54, 1.807) is 6.07 Å². The minimum absolute atomic E-state index is 0.116. The van der Waals surface area contributed by atoms with Crippen LogP contribution >= 0.6 is 0 Å². The molecule has 0 atom stereocenters. The molecule has 0 aliphatic heterocycles.